The van der Waals surface area contributed by atoms with Gasteiger partial charge in [0.05, 0.1) is 43.3 Å². The molecule has 1 aliphatic carbocycles. The topological polar surface area (TPSA) is 51.7 Å². The molecule has 0 spiro atoms. The molecule has 1 saturated carbocycles. The van der Waals surface area contributed by atoms with Gasteiger partial charge in [0.25, 0.3) is 0 Å². The molecule has 5 nitrogen and oxygen atoms in total. The van der Waals surface area contributed by atoms with E-state index < -0.39 is 12.1 Å². The fourth-order valence-corrected chi connectivity index (χ4v) is 4.42. The van der Waals surface area contributed by atoms with E-state index >= 15 is 0 Å². The molecule has 0 atom stereocenters. The van der Waals surface area contributed by atoms with Crippen molar-refractivity contribution in [2.45, 2.75) is 38.3 Å². The number of esters is 1. The van der Waals surface area contributed by atoms with Crippen molar-refractivity contribution in [3.8, 4) is 5.75 Å². The summed E-state index contributed by atoms with van der Waals surface area (Å²) in [5.74, 6) is -0.798. The Hall–Kier alpha value is -2.77. The number of methoxy groups -OCH3 is 1. The second-order valence-electron chi connectivity index (χ2n) is 8.19. The van der Waals surface area contributed by atoms with Crippen LogP contribution >= 0.6 is 0 Å². The maximum atomic E-state index is 12.8. The molecular formula is C23H25F3N2O3. The number of anilines is 2. The van der Waals surface area contributed by atoms with Crippen LogP contribution in [0.5, 0.6) is 5.75 Å². The molecule has 0 amide bonds. The van der Waals surface area contributed by atoms with Crippen LogP contribution in [-0.2, 0) is 11.2 Å². The number of benzene rings is 1. The molecule has 4 rings (SSSR count). The van der Waals surface area contributed by atoms with Crippen LogP contribution in [0.15, 0.2) is 36.7 Å². The maximum Gasteiger partial charge on any atom is 0.391 e. The standard InChI is InChI=1S/C23H25F3N2O3/c1-30-22(29)17-4-7-21-16(10-17)8-9-28(21)19-11-20(13-27-12-19)31-14-15-2-5-18(6-3-15)23(24,25)26/h4,7,10-13,15,18H,2-3,5-6,8-9,14H2,1H3/t15-,18-. The molecular weight excluding hydrogens is 409 g/mol. The summed E-state index contributed by atoms with van der Waals surface area (Å²) < 4.78 is 49.2. The molecule has 1 aliphatic heterocycles. The minimum Gasteiger partial charge on any atom is -0.492 e. The van der Waals surface area contributed by atoms with Crippen molar-refractivity contribution < 1.29 is 27.4 Å². The lowest BCUT2D eigenvalue weighted by Crippen LogP contribution is -2.29. The smallest absolute Gasteiger partial charge is 0.391 e. The van der Waals surface area contributed by atoms with Gasteiger partial charge in [-0.25, -0.2) is 4.79 Å². The van der Waals surface area contributed by atoms with Crippen molar-refractivity contribution in [3.05, 3.63) is 47.8 Å². The van der Waals surface area contributed by atoms with Crippen LogP contribution in [0.1, 0.15) is 41.6 Å². The average molecular weight is 434 g/mol. The number of nitrogens with zero attached hydrogens (tertiary/aromatic N) is 2. The Morgan fingerprint density at radius 1 is 1.16 bits per heavy atom. The second-order valence-corrected chi connectivity index (χ2v) is 8.19. The van der Waals surface area contributed by atoms with Gasteiger partial charge in [-0.15, -0.1) is 0 Å². The van der Waals surface area contributed by atoms with Gasteiger partial charge in [-0.05, 0) is 61.8 Å². The lowest BCUT2D eigenvalue weighted by Gasteiger charge is -2.29. The van der Waals surface area contributed by atoms with E-state index in [0.29, 0.717) is 30.8 Å². The molecule has 0 saturated heterocycles. The zero-order chi connectivity index (χ0) is 22.0. The number of fused-ring (bicyclic) bond motifs is 1. The van der Waals surface area contributed by atoms with E-state index in [4.69, 9.17) is 9.47 Å². The van der Waals surface area contributed by atoms with Crippen molar-refractivity contribution in [3.63, 3.8) is 0 Å². The van der Waals surface area contributed by atoms with Crippen LogP contribution in [0.4, 0.5) is 24.5 Å². The number of hydrogen-bond acceptors (Lipinski definition) is 5. The van der Waals surface area contributed by atoms with E-state index in [1.54, 1.807) is 18.5 Å². The highest BCUT2D eigenvalue weighted by atomic mass is 19.4. The Morgan fingerprint density at radius 3 is 2.65 bits per heavy atom. The van der Waals surface area contributed by atoms with Crippen LogP contribution in [-0.4, -0.2) is 37.4 Å². The van der Waals surface area contributed by atoms with Crippen molar-refractivity contribution in [2.75, 3.05) is 25.2 Å². The van der Waals surface area contributed by atoms with Gasteiger partial charge in [0.15, 0.2) is 0 Å². The summed E-state index contributed by atoms with van der Waals surface area (Å²) in [5.41, 5.74) is 3.48. The summed E-state index contributed by atoms with van der Waals surface area (Å²) in [6, 6.07) is 7.40. The summed E-state index contributed by atoms with van der Waals surface area (Å²) in [5, 5.41) is 0. The molecule has 0 unspecified atom stereocenters. The molecule has 2 heterocycles. The number of hydrogen-bond donors (Lipinski definition) is 0. The first kappa shape index (κ1) is 21.5. The summed E-state index contributed by atoms with van der Waals surface area (Å²) in [6.45, 7) is 1.15. The zero-order valence-corrected chi connectivity index (χ0v) is 17.3. The van der Waals surface area contributed by atoms with Gasteiger partial charge in [0, 0.05) is 18.3 Å². The largest absolute Gasteiger partial charge is 0.492 e. The minimum atomic E-state index is -4.09. The predicted molar refractivity (Wildman–Crippen MR) is 110 cm³/mol. The molecule has 8 heteroatoms. The van der Waals surface area contributed by atoms with Crippen LogP contribution in [0.25, 0.3) is 0 Å². The summed E-state index contributed by atoms with van der Waals surface area (Å²) in [4.78, 5) is 18.2. The van der Waals surface area contributed by atoms with Gasteiger partial charge in [0.2, 0.25) is 0 Å². The Kier molecular flexibility index (Phi) is 6.07. The Morgan fingerprint density at radius 2 is 1.94 bits per heavy atom. The molecule has 0 bridgehead atoms. The summed E-state index contributed by atoms with van der Waals surface area (Å²) in [7, 11) is 1.36. The quantitative estimate of drug-likeness (QED) is 0.597. The van der Waals surface area contributed by atoms with Gasteiger partial charge in [-0.2, -0.15) is 13.2 Å². The first-order chi connectivity index (χ1) is 14.8. The van der Waals surface area contributed by atoms with E-state index in [1.165, 1.54) is 7.11 Å². The molecule has 31 heavy (non-hydrogen) atoms. The molecule has 2 aromatic rings. The van der Waals surface area contributed by atoms with Crippen LogP contribution < -0.4 is 9.64 Å². The van der Waals surface area contributed by atoms with Gasteiger partial charge in [-0.1, -0.05) is 0 Å². The van der Waals surface area contributed by atoms with Crippen molar-refractivity contribution in [1.29, 1.82) is 0 Å². The first-order valence-electron chi connectivity index (χ1n) is 10.5. The van der Waals surface area contributed by atoms with Gasteiger partial charge >= 0.3 is 12.1 Å². The van der Waals surface area contributed by atoms with E-state index in [-0.39, 0.29) is 24.7 Å². The summed E-state index contributed by atoms with van der Waals surface area (Å²) >= 11 is 0. The molecule has 1 fully saturated rings. The van der Waals surface area contributed by atoms with Crippen molar-refractivity contribution >= 4 is 17.3 Å². The molecule has 0 N–H and O–H groups in total. The van der Waals surface area contributed by atoms with Crippen LogP contribution in [0.2, 0.25) is 0 Å². The molecule has 0 radical (unpaired) electrons. The SMILES string of the molecule is COC(=O)c1ccc2c(c1)CCN2c1cncc(OC[C@H]2CC[C@H](C(F)(F)F)CC2)c1. The number of carbonyl (C=O) groups excluding carboxylic acids is 1. The minimum absolute atomic E-state index is 0.131. The Labute approximate surface area is 179 Å². The van der Waals surface area contributed by atoms with E-state index in [9.17, 15) is 18.0 Å². The highest BCUT2D eigenvalue weighted by Crippen LogP contribution is 2.40. The second kappa shape index (κ2) is 8.77. The summed E-state index contributed by atoms with van der Waals surface area (Å²) in [6.07, 6.45) is 1.49. The van der Waals surface area contributed by atoms with Crippen LogP contribution in [0.3, 0.4) is 0 Å². The van der Waals surface area contributed by atoms with Crippen molar-refractivity contribution in [2.24, 2.45) is 11.8 Å². The van der Waals surface area contributed by atoms with Gasteiger partial charge < -0.3 is 14.4 Å². The third kappa shape index (κ3) is 4.78. The molecule has 166 valence electrons. The number of pyridine rings is 1. The first-order valence-corrected chi connectivity index (χ1v) is 10.5. The Bertz CT molecular complexity index is 940. The Balaban J connectivity index is 1.38. The number of rotatable bonds is 5. The number of ether oxygens (including phenoxy) is 2. The maximum absolute atomic E-state index is 12.8. The highest BCUT2D eigenvalue weighted by Gasteiger charge is 2.41. The number of alkyl halides is 3. The fourth-order valence-electron chi connectivity index (χ4n) is 4.42. The van der Waals surface area contributed by atoms with Crippen LogP contribution in [0, 0.1) is 11.8 Å². The van der Waals surface area contributed by atoms with E-state index in [0.717, 1.165) is 29.9 Å². The van der Waals surface area contributed by atoms with Crippen molar-refractivity contribution in [1.82, 2.24) is 4.98 Å². The fraction of sp³-hybridized carbons (Fsp3) is 0.478. The van der Waals surface area contributed by atoms with E-state index in [2.05, 4.69) is 9.88 Å². The third-order valence-corrected chi connectivity index (χ3v) is 6.20. The van der Waals surface area contributed by atoms with Gasteiger partial charge in [0.1, 0.15) is 5.75 Å². The number of carbonyl (C=O) groups is 1. The lowest BCUT2D eigenvalue weighted by molar-refractivity contribution is -0.184. The molecule has 1 aromatic carbocycles. The average Bonchev–Trinajstić information content (AvgIpc) is 3.20. The van der Waals surface area contributed by atoms with E-state index in [1.807, 2.05) is 18.2 Å². The van der Waals surface area contributed by atoms with Gasteiger partial charge in [-0.3, -0.25) is 4.98 Å². The normalized spacial score (nSPS) is 21.0. The number of aromatic nitrogens is 1. The monoisotopic (exact) mass is 434 g/mol. The molecule has 2 aliphatic rings. The zero-order valence-electron chi connectivity index (χ0n) is 17.3. The highest BCUT2D eigenvalue weighted by molar-refractivity contribution is 5.90. The molecule has 1 aromatic heterocycles. The predicted octanol–water partition coefficient (Wildman–Crippen LogP) is 5.31. The number of halogens is 3. The third-order valence-electron chi connectivity index (χ3n) is 6.20. The lowest BCUT2D eigenvalue weighted by atomic mass is 9.82.